The molecule has 0 aliphatic carbocycles. The lowest BCUT2D eigenvalue weighted by Crippen LogP contribution is -2.43. The summed E-state index contributed by atoms with van der Waals surface area (Å²) in [5.74, 6) is -0.887. The number of amides is 2. The zero-order valence-corrected chi connectivity index (χ0v) is 21.3. The molecule has 37 heavy (non-hydrogen) atoms. The van der Waals surface area contributed by atoms with E-state index < -0.39 is 6.04 Å². The van der Waals surface area contributed by atoms with Crippen molar-refractivity contribution in [3.63, 3.8) is 0 Å². The topological polar surface area (TPSA) is 49.4 Å². The van der Waals surface area contributed by atoms with Crippen LogP contribution in [0.1, 0.15) is 33.9 Å². The second-order valence-electron chi connectivity index (χ2n) is 8.97. The summed E-state index contributed by atoms with van der Waals surface area (Å²) in [7, 11) is 0. The SMILES string of the molecule is Cc1ccc(CNC(=O)[C@@H](c2ccccc2)N(Cc2ccc(F)cc2)C(=O)Cc2ccc(Cl)cc2)cc1. The molecule has 0 unspecified atom stereocenters. The first-order chi connectivity index (χ1) is 17.9. The molecule has 6 heteroatoms. The highest BCUT2D eigenvalue weighted by Crippen LogP contribution is 2.25. The number of carbonyl (C=O) groups is 2. The lowest BCUT2D eigenvalue weighted by molar-refractivity contribution is -0.141. The lowest BCUT2D eigenvalue weighted by Gasteiger charge is -2.32. The summed E-state index contributed by atoms with van der Waals surface area (Å²) in [5, 5.41) is 3.59. The van der Waals surface area contributed by atoms with Gasteiger partial charge in [-0.2, -0.15) is 0 Å². The van der Waals surface area contributed by atoms with Crippen LogP contribution in [0.2, 0.25) is 5.02 Å². The van der Waals surface area contributed by atoms with E-state index in [2.05, 4.69) is 5.32 Å². The molecule has 0 aliphatic rings. The number of nitrogens with one attached hydrogen (secondary N) is 1. The number of aryl methyl sites for hydroxylation is 1. The fraction of sp³-hybridized carbons (Fsp3) is 0.161. The molecule has 0 fully saturated rings. The van der Waals surface area contributed by atoms with Gasteiger partial charge in [-0.25, -0.2) is 4.39 Å². The van der Waals surface area contributed by atoms with E-state index in [1.165, 1.54) is 12.1 Å². The van der Waals surface area contributed by atoms with E-state index in [4.69, 9.17) is 11.6 Å². The van der Waals surface area contributed by atoms with Crippen LogP contribution in [-0.2, 0) is 29.1 Å². The van der Waals surface area contributed by atoms with Crippen LogP contribution in [-0.4, -0.2) is 16.7 Å². The molecule has 4 aromatic carbocycles. The summed E-state index contributed by atoms with van der Waals surface area (Å²) < 4.78 is 13.6. The molecule has 4 rings (SSSR count). The number of halogens is 2. The number of hydrogen-bond acceptors (Lipinski definition) is 2. The van der Waals surface area contributed by atoms with E-state index >= 15 is 0 Å². The van der Waals surface area contributed by atoms with Crippen LogP contribution in [0.25, 0.3) is 0 Å². The highest BCUT2D eigenvalue weighted by Gasteiger charge is 2.31. The molecule has 0 bridgehead atoms. The first-order valence-corrected chi connectivity index (χ1v) is 12.4. The van der Waals surface area contributed by atoms with Gasteiger partial charge in [-0.3, -0.25) is 9.59 Å². The van der Waals surface area contributed by atoms with Crippen molar-refractivity contribution in [2.45, 2.75) is 32.5 Å². The zero-order valence-electron chi connectivity index (χ0n) is 20.5. The Hall–Kier alpha value is -3.96. The molecule has 0 heterocycles. The van der Waals surface area contributed by atoms with Gasteiger partial charge in [0.2, 0.25) is 11.8 Å². The second-order valence-corrected chi connectivity index (χ2v) is 9.40. The van der Waals surface area contributed by atoms with Crippen molar-refractivity contribution in [3.8, 4) is 0 Å². The van der Waals surface area contributed by atoms with Crippen LogP contribution in [0.5, 0.6) is 0 Å². The Morgan fingerprint density at radius 2 is 1.41 bits per heavy atom. The van der Waals surface area contributed by atoms with Gasteiger partial charge in [-0.05, 0) is 53.4 Å². The van der Waals surface area contributed by atoms with Crippen LogP contribution in [0, 0.1) is 12.7 Å². The molecule has 188 valence electrons. The van der Waals surface area contributed by atoms with Crippen molar-refractivity contribution in [2.24, 2.45) is 0 Å². The maximum atomic E-state index is 13.7. The Morgan fingerprint density at radius 1 is 0.811 bits per heavy atom. The largest absolute Gasteiger partial charge is 0.350 e. The van der Waals surface area contributed by atoms with Gasteiger partial charge < -0.3 is 10.2 Å². The van der Waals surface area contributed by atoms with E-state index in [0.717, 1.165) is 22.3 Å². The Balaban J connectivity index is 1.66. The predicted octanol–water partition coefficient (Wildman–Crippen LogP) is 6.42. The maximum Gasteiger partial charge on any atom is 0.247 e. The Morgan fingerprint density at radius 3 is 2.05 bits per heavy atom. The van der Waals surface area contributed by atoms with E-state index in [9.17, 15) is 14.0 Å². The summed E-state index contributed by atoms with van der Waals surface area (Å²) in [4.78, 5) is 29.0. The molecule has 0 saturated carbocycles. The van der Waals surface area contributed by atoms with Crippen LogP contribution in [0.4, 0.5) is 4.39 Å². The maximum absolute atomic E-state index is 13.7. The van der Waals surface area contributed by atoms with E-state index in [-0.39, 0.29) is 30.6 Å². The third-order valence-electron chi connectivity index (χ3n) is 6.12. The van der Waals surface area contributed by atoms with Gasteiger partial charge in [-0.1, -0.05) is 96.0 Å². The molecule has 0 aromatic heterocycles. The van der Waals surface area contributed by atoms with Crippen LogP contribution in [0.3, 0.4) is 0 Å². The molecule has 2 amide bonds. The van der Waals surface area contributed by atoms with Crippen LogP contribution in [0.15, 0.2) is 103 Å². The molecule has 0 aliphatic heterocycles. The zero-order chi connectivity index (χ0) is 26.2. The summed E-state index contributed by atoms with van der Waals surface area (Å²) in [5.41, 5.74) is 4.29. The van der Waals surface area contributed by atoms with Gasteiger partial charge in [0, 0.05) is 18.1 Å². The third-order valence-corrected chi connectivity index (χ3v) is 6.37. The van der Waals surface area contributed by atoms with Crippen molar-refractivity contribution >= 4 is 23.4 Å². The fourth-order valence-electron chi connectivity index (χ4n) is 4.09. The van der Waals surface area contributed by atoms with Crippen molar-refractivity contribution in [1.29, 1.82) is 0 Å². The molecule has 4 nitrogen and oxygen atoms in total. The van der Waals surface area contributed by atoms with Crippen LogP contribution >= 0.6 is 11.6 Å². The van der Waals surface area contributed by atoms with E-state index in [1.807, 2.05) is 61.5 Å². The third kappa shape index (κ3) is 7.28. The standard InChI is InChI=1S/C31H28ClFN2O2/c1-22-7-9-24(10-8-22)20-34-31(37)30(26-5-3-2-4-6-26)35(21-25-13-17-28(33)18-14-25)29(36)19-23-11-15-27(32)16-12-23/h2-18,30H,19-21H2,1H3,(H,34,37)/t30-/m1/s1. The molecule has 1 N–H and O–H groups in total. The normalized spacial score (nSPS) is 11.5. The second kappa shape index (κ2) is 12.3. The monoisotopic (exact) mass is 514 g/mol. The minimum Gasteiger partial charge on any atom is -0.350 e. The molecule has 0 radical (unpaired) electrons. The van der Waals surface area contributed by atoms with Gasteiger partial charge >= 0.3 is 0 Å². The number of benzene rings is 4. The number of hydrogen-bond donors (Lipinski definition) is 1. The number of carbonyl (C=O) groups excluding carboxylic acids is 2. The molecular formula is C31H28ClFN2O2. The van der Waals surface area contributed by atoms with Crippen LogP contribution < -0.4 is 5.32 Å². The summed E-state index contributed by atoms with van der Waals surface area (Å²) >= 11 is 6.02. The number of nitrogens with zero attached hydrogens (tertiary/aromatic N) is 1. The quantitative estimate of drug-likeness (QED) is 0.280. The number of rotatable bonds is 9. The fourth-order valence-corrected chi connectivity index (χ4v) is 4.21. The van der Waals surface area contributed by atoms with Gasteiger partial charge in [0.25, 0.3) is 0 Å². The van der Waals surface area contributed by atoms with Crippen molar-refractivity contribution in [3.05, 3.63) is 142 Å². The molecule has 0 spiro atoms. The van der Waals surface area contributed by atoms with Gasteiger partial charge in [0.05, 0.1) is 6.42 Å². The molecular weight excluding hydrogens is 487 g/mol. The molecule has 0 saturated heterocycles. The van der Waals surface area contributed by atoms with Crippen molar-refractivity contribution < 1.29 is 14.0 Å². The highest BCUT2D eigenvalue weighted by atomic mass is 35.5. The van der Waals surface area contributed by atoms with Gasteiger partial charge in [-0.15, -0.1) is 0 Å². The summed E-state index contributed by atoms with van der Waals surface area (Å²) in [6.45, 7) is 2.48. The van der Waals surface area contributed by atoms with Crippen molar-refractivity contribution in [1.82, 2.24) is 10.2 Å². The summed E-state index contributed by atoms with van der Waals surface area (Å²) in [6, 6.07) is 29.3. The van der Waals surface area contributed by atoms with Gasteiger partial charge in [0.1, 0.15) is 11.9 Å². The highest BCUT2D eigenvalue weighted by molar-refractivity contribution is 6.30. The van der Waals surface area contributed by atoms with Gasteiger partial charge in [0.15, 0.2) is 0 Å². The Kier molecular flexibility index (Phi) is 8.70. The smallest absolute Gasteiger partial charge is 0.247 e. The van der Waals surface area contributed by atoms with Crippen molar-refractivity contribution in [2.75, 3.05) is 0 Å². The molecule has 4 aromatic rings. The first kappa shape index (κ1) is 26.1. The average Bonchev–Trinajstić information content (AvgIpc) is 2.91. The lowest BCUT2D eigenvalue weighted by atomic mass is 10.0. The predicted molar refractivity (Wildman–Crippen MR) is 144 cm³/mol. The first-order valence-electron chi connectivity index (χ1n) is 12.1. The van der Waals surface area contributed by atoms with E-state index in [1.54, 1.807) is 41.3 Å². The van der Waals surface area contributed by atoms with E-state index in [0.29, 0.717) is 17.1 Å². The average molecular weight is 515 g/mol. The Bertz CT molecular complexity index is 1320. The summed E-state index contributed by atoms with van der Waals surface area (Å²) in [6.07, 6.45) is 0.0902. The Labute approximate surface area is 221 Å². The minimum atomic E-state index is -0.878. The minimum absolute atomic E-state index is 0.0902. The molecule has 1 atom stereocenters.